The first kappa shape index (κ1) is 9.01. The molecular weight excluding hydrogens is 138 g/mol. The van der Waals surface area contributed by atoms with Crippen molar-refractivity contribution in [1.82, 2.24) is 5.32 Å². The molecule has 1 aliphatic carbocycles. The summed E-state index contributed by atoms with van der Waals surface area (Å²) in [6.45, 7) is 1.87. The maximum atomic E-state index is 3.81. The van der Waals surface area contributed by atoms with Crippen molar-refractivity contribution in [1.29, 1.82) is 0 Å². The molecule has 1 fully saturated rings. The highest BCUT2D eigenvalue weighted by atomic mass is 16.5. The summed E-state index contributed by atoms with van der Waals surface area (Å²) >= 11 is 0. The largest absolute Gasteiger partial charge is 0.581 e. The lowest BCUT2D eigenvalue weighted by Gasteiger charge is -2.22. The van der Waals surface area contributed by atoms with Gasteiger partial charge in [0.2, 0.25) is 0 Å². The Balaban J connectivity index is 1.96. The van der Waals surface area contributed by atoms with E-state index in [1.807, 2.05) is 0 Å². The second kappa shape index (κ2) is 5.56. The van der Waals surface area contributed by atoms with Gasteiger partial charge in [-0.3, -0.25) is 0 Å². The number of hydrogen-bond donors (Lipinski definition) is 1. The first-order valence-corrected chi connectivity index (χ1v) is 4.59. The summed E-state index contributed by atoms with van der Waals surface area (Å²) in [7, 11) is 3.45. The van der Waals surface area contributed by atoms with E-state index in [4.69, 9.17) is 0 Å². The van der Waals surface area contributed by atoms with Gasteiger partial charge in [-0.2, -0.15) is 0 Å². The second-order valence-electron chi connectivity index (χ2n) is 3.24. The quantitative estimate of drug-likeness (QED) is 0.370. The van der Waals surface area contributed by atoms with Gasteiger partial charge < -0.3 is 10.1 Å². The van der Waals surface area contributed by atoms with Crippen LogP contribution in [0.4, 0.5) is 0 Å². The zero-order valence-electron chi connectivity index (χ0n) is 7.18. The van der Waals surface area contributed by atoms with Crippen LogP contribution < -0.4 is 5.32 Å². The molecule has 2 nitrogen and oxygen atoms in total. The molecule has 0 amide bonds. The van der Waals surface area contributed by atoms with Gasteiger partial charge in [-0.1, -0.05) is 26.4 Å². The van der Waals surface area contributed by atoms with Crippen molar-refractivity contribution < 1.29 is 4.74 Å². The van der Waals surface area contributed by atoms with Crippen LogP contribution in [0.5, 0.6) is 0 Å². The Morgan fingerprint density at radius 1 is 1.27 bits per heavy atom. The Bertz CT molecular complexity index is 89.6. The van der Waals surface area contributed by atoms with Gasteiger partial charge >= 0.3 is 0 Å². The van der Waals surface area contributed by atoms with Crippen molar-refractivity contribution in [2.75, 3.05) is 13.2 Å². The number of rotatable bonds is 4. The first-order chi connectivity index (χ1) is 5.43. The molecule has 2 N–H and O–H groups in total. The number of hydrogen-bond acceptors (Lipinski definition) is 1. The van der Waals surface area contributed by atoms with Gasteiger partial charge in [-0.25, -0.2) is 0 Å². The van der Waals surface area contributed by atoms with Gasteiger partial charge in [0.1, 0.15) is 6.61 Å². The molecule has 1 aliphatic rings. The van der Waals surface area contributed by atoms with Crippen LogP contribution in [0, 0.1) is 7.11 Å². The Morgan fingerprint density at radius 2 is 2.00 bits per heavy atom. The van der Waals surface area contributed by atoms with Crippen LogP contribution in [0.3, 0.4) is 0 Å². The predicted octanol–water partition coefficient (Wildman–Crippen LogP) is 1.23. The predicted molar refractivity (Wildman–Crippen MR) is 47.3 cm³/mol. The van der Waals surface area contributed by atoms with E-state index in [2.05, 4.69) is 17.2 Å². The highest BCUT2D eigenvalue weighted by molar-refractivity contribution is 4.71. The van der Waals surface area contributed by atoms with Gasteiger partial charge in [0.15, 0.2) is 0 Å². The lowest BCUT2D eigenvalue weighted by Crippen LogP contribution is -2.33. The van der Waals surface area contributed by atoms with E-state index in [0.29, 0.717) is 0 Å². The number of aliphatic hydroxyl groups is 2. The maximum absolute atomic E-state index is 3.81. The molecule has 11 heavy (non-hydrogen) atoms. The van der Waals surface area contributed by atoms with Crippen LogP contribution in [-0.4, -0.2) is 23.9 Å². The summed E-state index contributed by atoms with van der Waals surface area (Å²) in [6, 6.07) is 0.769. The Labute approximate surface area is 69.3 Å². The monoisotopic (exact) mass is 157 g/mol. The molecule has 1 rings (SSSR count). The van der Waals surface area contributed by atoms with E-state index >= 15 is 0 Å². The Kier molecular flexibility index (Phi) is 4.55. The molecule has 66 valence electrons. The van der Waals surface area contributed by atoms with E-state index in [9.17, 15) is 0 Å². The molecular formula is C9H19NO. The van der Waals surface area contributed by atoms with Gasteiger partial charge in [0, 0.05) is 6.04 Å². The third-order valence-corrected chi connectivity index (χ3v) is 2.31. The van der Waals surface area contributed by atoms with Crippen molar-refractivity contribution in [2.24, 2.45) is 0 Å². The van der Waals surface area contributed by atoms with Crippen LogP contribution in [0.1, 0.15) is 32.1 Å². The molecule has 0 aromatic rings. The van der Waals surface area contributed by atoms with E-state index in [0.717, 1.165) is 19.2 Å². The third-order valence-electron chi connectivity index (χ3n) is 2.31. The molecule has 0 bridgehead atoms. The Morgan fingerprint density at radius 3 is 2.64 bits per heavy atom. The fourth-order valence-corrected chi connectivity index (χ4v) is 1.65. The first-order valence-electron chi connectivity index (χ1n) is 4.59. The lowest BCUT2D eigenvalue weighted by atomic mass is 9.96. The van der Waals surface area contributed by atoms with E-state index < -0.39 is 0 Å². The molecule has 0 heterocycles. The molecule has 0 unspecified atom stereocenters. The van der Waals surface area contributed by atoms with Gasteiger partial charge in [-0.05, 0) is 12.8 Å². The third kappa shape index (κ3) is 3.73. The minimum absolute atomic E-state index is 0.769. The normalized spacial score (nSPS) is 20.5. The van der Waals surface area contributed by atoms with Crippen LogP contribution >= 0.6 is 0 Å². The Hall–Kier alpha value is -0.0800. The molecule has 1 saturated carbocycles. The van der Waals surface area contributed by atoms with E-state index in [-0.39, 0.29) is 0 Å². The smallest absolute Gasteiger partial charge is 0.132 e. The minimum atomic E-state index is 0.769. The second-order valence-corrected chi connectivity index (χ2v) is 3.24. The van der Waals surface area contributed by atoms with Crippen molar-refractivity contribution in [3.63, 3.8) is 0 Å². The average Bonchev–Trinajstić information content (AvgIpc) is 2.07. The summed E-state index contributed by atoms with van der Waals surface area (Å²) in [5.74, 6) is 0. The highest BCUT2D eigenvalue weighted by Crippen LogP contribution is 2.16. The molecule has 0 spiro atoms. The number of nitrogens with one attached hydrogen (secondary N) is 1. The van der Waals surface area contributed by atoms with Crippen molar-refractivity contribution in [3.8, 4) is 0 Å². The topological polar surface area (TPSA) is 24.8 Å². The zero-order chi connectivity index (χ0) is 7.94. The van der Waals surface area contributed by atoms with E-state index in [1.54, 1.807) is 0 Å². The van der Waals surface area contributed by atoms with Gasteiger partial charge in [0.25, 0.3) is 0 Å². The fourth-order valence-electron chi connectivity index (χ4n) is 1.65. The molecule has 0 aliphatic heterocycles. The zero-order valence-corrected chi connectivity index (χ0v) is 7.18. The van der Waals surface area contributed by atoms with Crippen LogP contribution in [-0.2, 0) is 0 Å². The number of ether oxygens (including phenoxy) is 1. The summed E-state index contributed by atoms with van der Waals surface area (Å²) in [5.41, 5.74) is 0. The van der Waals surface area contributed by atoms with Crippen molar-refractivity contribution >= 4 is 0 Å². The average molecular weight is 157 g/mol. The maximum Gasteiger partial charge on any atom is 0.132 e. The van der Waals surface area contributed by atoms with Crippen molar-refractivity contribution in [3.05, 3.63) is 7.11 Å². The SMILES string of the molecule is [CH2-][OH+]CCNC1CCCCC1. The summed E-state index contributed by atoms with van der Waals surface area (Å²) < 4.78 is 3.81. The lowest BCUT2D eigenvalue weighted by molar-refractivity contribution is 0.0565. The molecule has 0 aromatic heterocycles. The van der Waals surface area contributed by atoms with Gasteiger partial charge in [-0.15, -0.1) is 0 Å². The van der Waals surface area contributed by atoms with Crippen molar-refractivity contribution in [2.45, 2.75) is 38.1 Å². The minimum Gasteiger partial charge on any atom is -0.581 e. The molecule has 2 heteroatoms. The molecule has 0 radical (unpaired) electrons. The summed E-state index contributed by atoms with van der Waals surface area (Å²) in [6.07, 6.45) is 6.95. The molecule has 0 aromatic carbocycles. The standard InChI is InChI=1S/C9H19NO/c1-11-8-7-10-9-5-3-2-4-6-9/h9-11H,1-8H2. The molecule has 0 saturated heterocycles. The van der Waals surface area contributed by atoms with Gasteiger partial charge in [0.05, 0.1) is 6.54 Å². The fraction of sp³-hybridized carbons (Fsp3) is 0.889. The van der Waals surface area contributed by atoms with Crippen LogP contribution in [0.25, 0.3) is 0 Å². The van der Waals surface area contributed by atoms with Crippen LogP contribution in [0.15, 0.2) is 0 Å². The summed E-state index contributed by atoms with van der Waals surface area (Å²) in [4.78, 5) is 0. The van der Waals surface area contributed by atoms with E-state index in [1.165, 1.54) is 32.1 Å². The highest BCUT2D eigenvalue weighted by Gasteiger charge is 2.11. The summed E-state index contributed by atoms with van der Waals surface area (Å²) in [5, 5.41) is 3.49. The van der Waals surface area contributed by atoms with Crippen LogP contribution in [0.2, 0.25) is 0 Å². The molecule has 0 atom stereocenters.